The van der Waals surface area contributed by atoms with Crippen LogP contribution < -0.4 is 5.32 Å². The van der Waals surface area contributed by atoms with Crippen LogP contribution in [0.1, 0.15) is 30.9 Å². The van der Waals surface area contributed by atoms with E-state index in [4.69, 9.17) is 0 Å². The predicted molar refractivity (Wildman–Crippen MR) is 51.5 cm³/mol. The Morgan fingerprint density at radius 1 is 1.43 bits per heavy atom. The van der Waals surface area contributed by atoms with Crippen LogP contribution in [0.4, 0.5) is 4.39 Å². The molecule has 2 aliphatic heterocycles. The molecule has 3 rings (SSSR count). The lowest BCUT2D eigenvalue weighted by Crippen LogP contribution is -2.22. The lowest BCUT2D eigenvalue weighted by atomic mass is 9.86. The third-order valence-corrected chi connectivity index (χ3v) is 3.44. The molecular formula is C11H13FN2. The van der Waals surface area contributed by atoms with Crippen LogP contribution in [-0.2, 0) is 0 Å². The fraction of sp³-hybridized carbons (Fsp3) is 0.545. The quantitative estimate of drug-likeness (QED) is 0.734. The number of hydrogen-bond acceptors (Lipinski definition) is 2. The molecule has 0 spiro atoms. The summed E-state index contributed by atoms with van der Waals surface area (Å²) in [5.74, 6) is 0.154. The second-order valence-corrected chi connectivity index (χ2v) is 4.26. The van der Waals surface area contributed by atoms with E-state index >= 15 is 0 Å². The van der Waals surface area contributed by atoms with Gasteiger partial charge in [0.2, 0.25) is 0 Å². The minimum absolute atomic E-state index is 0.146. The van der Waals surface area contributed by atoms with Gasteiger partial charge in [0.1, 0.15) is 5.82 Å². The Morgan fingerprint density at radius 3 is 3.00 bits per heavy atom. The molecule has 14 heavy (non-hydrogen) atoms. The van der Waals surface area contributed by atoms with E-state index in [0.29, 0.717) is 23.7 Å². The Hall–Kier alpha value is -0.960. The number of fused-ring (bicyclic) bond motifs is 2. The van der Waals surface area contributed by atoms with Crippen molar-refractivity contribution >= 4 is 0 Å². The molecule has 0 amide bonds. The van der Waals surface area contributed by atoms with Gasteiger partial charge in [-0.3, -0.25) is 4.98 Å². The summed E-state index contributed by atoms with van der Waals surface area (Å²) in [6.07, 6.45) is 5.16. The van der Waals surface area contributed by atoms with E-state index in [9.17, 15) is 4.39 Å². The number of aromatic nitrogens is 1. The highest BCUT2D eigenvalue weighted by Crippen LogP contribution is 2.39. The zero-order valence-corrected chi connectivity index (χ0v) is 7.91. The molecule has 3 unspecified atom stereocenters. The lowest BCUT2D eigenvalue weighted by Gasteiger charge is -2.19. The van der Waals surface area contributed by atoms with Gasteiger partial charge in [0, 0.05) is 24.2 Å². The second-order valence-electron chi connectivity index (χ2n) is 4.26. The van der Waals surface area contributed by atoms with Crippen LogP contribution in [-0.4, -0.2) is 17.1 Å². The first kappa shape index (κ1) is 8.36. The Labute approximate surface area is 82.5 Å². The van der Waals surface area contributed by atoms with Crippen LogP contribution in [0.25, 0.3) is 0 Å². The van der Waals surface area contributed by atoms with Gasteiger partial charge in [-0.25, -0.2) is 4.39 Å². The highest BCUT2D eigenvalue weighted by Gasteiger charge is 2.41. The van der Waals surface area contributed by atoms with Crippen LogP contribution in [0.15, 0.2) is 18.3 Å². The Balaban J connectivity index is 1.93. The van der Waals surface area contributed by atoms with Gasteiger partial charge in [0.05, 0.1) is 5.69 Å². The molecule has 1 aromatic heterocycles. The SMILES string of the molecule is Fc1cccnc1C1CC2CCC1N2. The lowest BCUT2D eigenvalue weighted by molar-refractivity contribution is 0.470. The van der Waals surface area contributed by atoms with Crippen molar-refractivity contribution in [1.82, 2.24) is 10.3 Å². The van der Waals surface area contributed by atoms with Crippen LogP contribution >= 0.6 is 0 Å². The van der Waals surface area contributed by atoms with E-state index in [1.807, 2.05) is 0 Å². The molecule has 74 valence electrons. The van der Waals surface area contributed by atoms with Gasteiger partial charge in [-0.15, -0.1) is 0 Å². The minimum Gasteiger partial charge on any atom is -0.311 e. The largest absolute Gasteiger partial charge is 0.311 e. The summed E-state index contributed by atoms with van der Waals surface area (Å²) < 4.78 is 13.5. The average molecular weight is 192 g/mol. The molecule has 2 nitrogen and oxygen atoms in total. The molecule has 2 saturated heterocycles. The van der Waals surface area contributed by atoms with Crippen LogP contribution in [0.3, 0.4) is 0 Å². The molecule has 0 aliphatic carbocycles. The van der Waals surface area contributed by atoms with Crippen molar-refractivity contribution in [2.45, 2.75) is 37.3 Å². The molecule has 3 heterocycles. The van der Waals surface area contributed by atoms with Gasteiger partial charge < -0.3 is 5.32 Å². The summed E-state index contributed by atoms with van der Waals surface area (Å²) in [4.78, 5) is 4.16. The van der Waals surface area contributed by atoms with Gasteiger partial charge in [-0.05, 0) is 31.4 Å². The standard InChI is InChI=1S/C11H13FN2/c12-9-2-1-5-13-11(9)8-6-7-3-4-10(8)14-7/h1-2,5,7-8,10,14H,3-4,6H2. The Bertz CT molecular complexity index is 353. The summed E-state index contributed by atoms with van der Waals surface area (Å²) >= 11 is 0. The first-order chi connectivity index (χ1) is 6.84. The molecule has 2 bridgehead atoms. The van der Waals surface area contributed by atoms with E-state index in [1.165, 1.54) is 18.9 Å². The minimum atomic E-state index is -0.146. The maximum atomic E-state index is 13.5. The smallest absolute Gasteiger partial charge is 0.145 e. The highest BCUT2D eigenvalue weighted by atomic mass is 19.1. The van der Waals surface area contributed by atoms with Crippen molar-refractivity contribution < 1.29 is 4.39 Å². The van der Waals surface area contributed by atoms with E-state index in [1.54, 1.807) is 12.3 Å². The first-order valence-electron chi connectivity index (χ1n) is 5.21. The zero-order chi connectivity index (χ0) is 9.54. The van der Waals surface area contributed by atoms with Gasteiger partial charge >= 0.3 is 0 Å². The zero-order valence-electron chi connectivity index (χ0n) is 7.91. The number of pyridine rings is 1. The van der Waals surface area contributed by atoms with Crippen molar-refractivity contribution in [2.75, 3.05) is 0 Å². The molecule has 0 radical (unpaired) electrons. The van der Waals surface area contributed by atoms with Gasteiger partial charge in [0.25, 0.3) is 0 Å². The third kappa shape index (κ3) is 1.16. The molecule has 0 aromatic carbocycles. The summed E-state index contributed by atoms with van der Waals surface area (Å²) in [6, 6.07) is 4.23. The Kier molecular flexibility index (Phi) is 1.80. The van der Waals surface area contributed by atoms with Crippen molar-refractivity contribution in [3.63, 3.8) is 0 Å². The fourth-order valence-electron chi connectivity index (χ4n) is 2.80. The van der Waals surface area contributed by atoms with Gasteiger partial charge in [0.15, 0.2) is 0 Å². The van der Waals surface area contributed by atoms with Gasteiger partial charge in [-0.2, -0.15) is 0 Å². The second kappa shape index (κ2) is 3.02. The summed E-state index contributed by atoms with van der Waals surface area (Å²) in [5, 5.41) is 3.50. The fourth-order valence-corrected chi connectivity index (χ4v) is 2.80. The maximum Gasteiger partial charge on any atom is 0.145 e. The van der Waals surface area contributed by atoms with Crippen molar-refractivity contribution in [3.8, 4) is 0 Å². The van der Waals surface area contributed by atoms with Crippen molar-refractivity contribution in [2.24, 2.45) is 0 Å². The van der Waals surface area contributed by atoms with E-state index < -0.39 is 0 Å². The number of halogens is 1. The van der Waals surface area contributed by atoms with Crippen LogP contribution in [0.5, 0.6) is 0 Å². The van der Waals surface area contributed by atoms with Gasteiger partial charge in [-0.1, -0.05) is 0 Å². The first-order valence-corrected chi connectivity index (χ1v) is 5.21. The predicted octanol–water partition coefficient (Wildman–Crippen LogP) is 1.83. The topological polar surface area (TPSA) is 24.9 Å². The van der Waals surface area contributed by atoms with Crippen LogP contribution in [0, 0.1) is 5.82 Å². The number of nitrogens with one attached hydrogen (secondary N) is 1. The molecule has 1 N–H and O–H groups in total. The summed E-state index contributed by atoms with van der Waals surface area (Å²) in [6.45, 7) is 0. The van der Waals surface area contributed by atoms with E-state index in [0.717, 1.165) is 6.42 Å². The number of rotatable bonds is 1. The van der Waals surface area contributed by atoms with Crippen molar-refractivity contribution in [1.29, 1.82) is 0 Å². The number of hydrogen-bond donors (Lipinski definition) is 1. The summed E-state index contributed by atoms with van der Waals surface area (Å²) in [7, 11) is 0. The molecule has 3 atom stereocenters. The molecule has 2 fully saturated rings. The molecular weight excluding hydrogens is 179 g/mol. The maximum absolute atomic E-state index is 13.5. The monoisotopic (exact) mass is 192 g/mol. The highest BCUT2D eigenvalue weighted by molar-refractivity contribution is 5.19. The molecule has 1 aromatic rings. The average Bonchev–Trinajstić information content (AvgIpc) is 2.79. The molecule has 2 aliphatic rings. The van der Waals surface area contributed by atoms with E-state index in [2.05, 4.69) is 10.3 Å². The summed E-state index contributed by atoms with van der Waals surface area (Å²) in [5.41, 5.74) is 0.659. The molecule has 0 saturated carbocycles. The Morgan fingerprint density at radius 2 is 2.36 bits per heavy atom. The number of nitrogens with zero attached hydrogens (tertiary/aromatic N) is 1. The normalized spacial score (nSPS) is 35.1. The van der Waals surface area contributed by atoms with Crippen molar-refractivity contribution in [3.05, 3.63) is 29.8 Å². The third-order valence-electron chi connectivity index (χ3n) is 3.44. The molecule has 3 heteroatoms. The van der Waals surface area contributed by atoms with E-state index in [-0.39, 0.29) is 5.82 Å². The van der Waals surface area contributed by atoms with Crippen LogP contribution in [0.2, 0.25) is 0 Å².